The molecule has 0 aliphatic carbocycles. The van der Waals surface area contributed by atoms with Crippen LogP contribution in [0.25, 0.3) is 6.08 Å². The van der Waals surface area contributed by atoms with Crippen molar-refractivity contribution in [2.45, 2.75) is 6.61 Å². The van der Waals surface area contributed by atoms with Gasteiger partial charge in [-0.15, -0.1) is 0 Å². The van der Waals surface area contributed by atoms with Gasteiger partial charge >= 0.3 is 0 Å². The first kappa shape index (κ1) is 23.7. The average molecular weight is 513 g/mol. The zero-order valence-electron chi connectivity index (χ0n) is 17.8. The summed E-state index contributed by atoms with van der Waals surface area (Å²) in [6.45, 7) is 0.142. The van der Waals surface area contributed by atoms with Gasteiger partial charge in [-0.25, -0.2) is 0 Å². The van der Waals surface area contributed by atoms with Gasteiger partial charge in [-0.2, -0.15) is 0 Å². The maximum Gasteiger partial charge on any atom is 0.270 e. The number of carbonyl (C=O) groups excluding carboxylic acids is 1. The lowest BCUT2D eigenvalue weighted by molar-refractivity contribution is -0.384. The summed E-state index contributed by atoms with van der Waals surface area (Å²) in [6, 6.07) is 18.6. The Morgan fingerprint density at radius 3 is 2.50 bits per heavy atom. The van der Waals surface area contributed by atoms with E-state index in [1.807, 2.05) is 30.3 Å². The number of thioether (sulfide) groups is 1. The Labute approximate surface area is 210 Å². The molecule has 0 N–H and O–H groups in total. The summed E-state index contributed by atoms with van der Waals surface area (Å²) in [5.74, 6) is 0.505. The average Bonchev–Trinajstić information content (AvgIpc) is 3.11. The Kier molecular flexibility index (Phi) is 7.16. The number of non-ortho nitro benzene ring substituents is 1. The minimum atomic E-state index is -0.461. The number of hydrogen-bond acceptors (Lipinski definition) is 7. The molecule has 1 amide bonds. The fourth-order valence-corrected chi connectivity index (χ4v) is 4.82. The van der Waals surface area contributed by atoms with Crippen LogP contribution in [-0.4, -0.2) is 22.3 Å². The number of nitro groups is 1. The summed E-state index contributed by atoms with van der Waals surface area (Å²) >= 11 is 13.1. The summed E-state index contributed by atoms with van der Waals surface area (Å²) < 4.78 is 11.7. The number of nitrogens with zero attached hydrogens (tertiary/aromatic N) is 2. The van der Waals surface area contributed by atoms with Gasteiger partial charge in [0, 0.05) is 12.1 Å². The van der Waals surface area contributed by atoms with Gasteiger partial charge in [0.25, 0.3) is 11.6 Å². The number of para-hydroxylation sites is 1. The van der Waals surface area contributed by atoms with E-state index >= 15 is 0 Å². The highest BCUT2D eigenvalue weighted by Crippen LogP contribution is 2.40. The fourth-order valence-electron chi connectivity index (χ4n) is 3.25. The lowest BCUT2D eigenvalue weighted by atomic mass is 10.1. The van der Waals surface area contributed by atoms with Gasteiger partial charge in [0.15, 0.2) is 15.8 Å². The molecule has 7 nitrogen and oxygen atoms in total. The van der Waals surface area contributed by atoms with Gasteiger partial charge in [-0.1, -0.05) is 53.8 Å². The number of methoxy groups -OCH3 is 1. The van der Waals surface area contributed by atoms with E-state index in [1.165, 1.54) is 35.9 Å². The van der Waals surface area contributed by atoms with Gasteiger partial charge in [-0.05, 0) is 53.6 Å². The minimum Gasteiger partial charge on any atom is -0.493 e. The molecule has 3 aromatic carbocycles. The van der Waals surface area contributed by atoms with E-state index in [9.17, 15) is 14.9 Å². The molecule has 10 heteroatoms. The number of nitro benzene ring substituents is 1. The standard InChI is InChI=1S/C24H17ClN2O5S2/c1-31-20-12-16(13-21-23(28)26(24(33)34-21)17-5-3-2-4-6-17)11-19(25)22(20)32-14-15-7-9-18(10-8-15)27(29)30/h2-13H,14H2,1H3/b21-13+. The molecule has 1 saturated heterocycles. The Morgan fingerprint density at radius 2 is 1.85 bits per heavy atom. The van der Waals surface area contributed by atoms with Crippen molar-refractivity contribution in [2.24, 2.45) is 0 Å². The van der Waals surface area contributed by atoms with Gasteiger partial charge in [0.1, 0.15) is 6.61 Å². The van der Waals surface area contributed by atoms with Crippen LogP contribution >= 0.6 is 35.6 Å². The maximum absolute atomic E-state index is 13.0. The molecular weight excluding hydrogens is 496 g/mol. The number of hydrogen-bond donors (Lipinski definition) is 0. The predicted octanol–water partition coefficient (Wildman–Crippen LogP) is 6.24. The zero-order valence-corrected chi connectivity index (χ0v) is 20.2. The lowest BCUT2D eigenvalue weighted by Gasteiger charge is -2.14. The van der Waals surface area contributed by atoms with E-state index in [4.69, 9.17) is 33.3 Å². The molecule has 4 rings (SSSR count). The van der Waals surface area contributed by atoms with Crippen molar-refractivity contribution in [3.63, 3.8) is 0 Å². The van der Waals surface area contributed by atoms with Crippen LogP contribution < -0.4 is 14.4 Å². The summed E-state index contributed by atoms with van der Waals surface area (Å²) in [5, 5.41) is 11.1. The molecule has 0 atom stereocenters. The van der Waals surface area contributed by atoms with Crippen molar-refractivity contribution in [1.29, 1.82) is 0 Å². The molecule has 1 aliphatic heterocycles. The van der Waals surface area contributed by atoms with Crippen LogP contribution in [0.1, 0.15) is 11.1 Å². The van der Waals surface area contributed by atoms with Crippen LogP contribution in [0.4, 0.5) is 11.4 Å². The second kappa shape index (κ2) is 10.3. The lowest BCUT2D eigenvalue weighted by Crippen LogP contribution is -2.27. The van der Waals surface area contributed by atoms with E-state index in [0.717, 1.165) is 5.56 Å². The highest BCUT2D eigenvalue weighted by atomic mass is 35.5. The summed E-state index contributed by atoms with van der Waals surface area (Å²) in [7, 11) is 1.49. The number of anilines is 1. The number of rotatable bonds is 7. The minimum absolute atomic E-state index is 0.00129. The number of halogens is 1. The van der Waals surface area contributed by atoms with E-state index in [-0.39, 0.29) is 18.2 Å². The SMILES string of the molecule is COc1cc(/C=C2/SC(=S)N(c3ccccc3)C2=O)cc(Cl)c1OCc1ccc([N+](=O)[O-])cc1. The third-order valence-corrected chi connectivity index (χ3v) is 6.47. The van der Waals surface area contributed by atoms with E-state index < -0.39 is 4.92 Å². The Morgan fingerprint density at radius 1 is 1.15 bits per heavy atom. The topological polar surface area (TPSA) is 81.9 Å². The highest BCUT2D eigenvalue weighted by Gasteiger charge is 2.33. The first-order valence-electron chi connectivity index (χ1n) is 9.94. The second-order valence-electron chi connectivity index (χ2n) is 7.10. The number of amides is 1. The largest absolute Gasteiger partial charge is 0.493 e. The smallest absolute Gasteiger partial charge is 0.270 e. The van der Waals surface area contributed by atoms with Crippen LogP contribution in [0, 0.1) is 10.1 Å². The van der Waals surface area contributed by atoms with Crippen molar-refractivity contribution in [2.75, 3.05) is 12.0 Å². The van der Waals surface area contributed by atoms with Crippen LogP contribution in [0.5, 0.6) is 11.5 Å². The Hall–Kier alpha value is -3.40. The molecule has 34 heavy (non-hydrogen) atoms. The molecule has 172 valence electrons. The van der Waals surface area contributed by atoms with Crippen molar-refractivity contribution in [3.05, 3.63) is 97.9 Å². The van der Waals surface area contributed by atoms with Crippen LogP contribution in [0.3, 0.4) is 0 Å². The molecule has 0 unspecified atom stereocenters. The third-order valence-electron chi connectivity index (χ3n) is 4.89. The second-order valence-corrected chi connectivity index (χ2v) is 9.18. The Balaban J connectivity index is 1.55. The van der Waals surface area contributed by atoms with Gasteiger partial charge in [0.2, 0.25) is 0 Å². The van der Waals surface area contributed by atoms with Gasteiger partial charge in [0.05, 0.1) is 27.6 Å². The molecule has 3 aromatic rings. The molecule has 1 heterocycles. The number of benzene rings is 3. The summed E-state index contributed by atoms with van der Waals surface area (Å²) in [5.41, 5.74) is 2.09. The third kappa shape index (κ3) is 5.06. The monoisotopic (exact) mass is 512 g/mol. The van der Waals surface area contributed by atoms with Crippen LogP contribution in [0.15, 0.2) is 71.6 Å². The summed E-state index contributed by atoms with van der Waals surface area (Å²) in [4.78, 5) is 25.3. The fraction of sp³-hybridized carbons (Fsp3) is 0.0833. The molecule has 0 spiro atoms. The summed E-state index contributed by atoms with van der Waals surface area (Å²) in [6.07, 6.45) is 1.71. The Bertz CT molecular complexity index is 1300. The molecule has 1 fully saturated rings. The first-order chi connectivity index (χ1) is 16.4. The zero-order chi connectivity index (χ0) is 24.2. The molecule has 0 aromatic heterocycles. The molecule has 0 radical (unpaired) electrons. The van der Waals surface area contributed by atoms with Gasteiger partial charge < -0.3 is 9.47 Å². The molecule has 1 aliphatic rings. The van der Waals surface area contributed by atoms with E-state index in [0.29, 0.717) is 37.0 Å². The maximum atomic E-state index is 13.0. The number of carbonyl (C=O) groups is 1. The van der Waals surface area contributed by atoms with E-state index in [1.54, 1.807) is 30.3 Å². The predicted molar refractivity (Wildman–Crippen MR) is 138 cm³/mol. The molecular formula is C24H17ClN2O5S2. The van der Waals surface area contributed by atoms with Crippen LogP contribution in [0.2, 0.25) is 5.02 Å². The van der Waals surface area contributed by atoms with Crippen molar-refractivity contribution >= 4 is 63.3 Å². The van der Waals surface area contributed by atoms with Crippen LogP contribution in [-0.2, 0) is 11.4 Å². The molecule has 0 bridgehead atoms. The number of ether oxygens (including phenoxy) is 2. The van der Waals surface area contributed by atoms with Crippen molar-refractivity contribution in [1.82, 2.24) is 0 Å². The van der Waals surface area contributed by atoms with Crippen molar-refractivity contribution < 1.29 is 19.2 Å². The van der Waals surface area contributed by atoms with Gasteiger partial charge in [-0.3, -0.25) is 19.8 Å². The number of thiocarbonyl (C=S) groups is 1. The van der Waals surface area contributed by atoms with Crippen molar-refractivity contribution in [3.8, 4) is 11.5 Å². The quantitative estimate of drug-likeness (QED) is 0.160. The highest BCUT2D eigenvalue weighted by molar-refractivity contribution is 8.27. The normalized spacial score (nSPS) is 14.5. The molecule has 0 saturated carbocycles. The van der Waals surface area contributed by atoms with E-state index in [2.05, 4.69) is 0 Å². The first-order valence-corrected chi connectivity index (χ1v) is 11.5.